The van der Waals surface area contributed by atoms with Crippen LogP contribution in [0, 0.1) is 0 Å². The first kappa shape index (κ1) is 18.9. The lowest BCUT2D eigenvalue weighted by Gasteiger charge is -2.06. The van der Waals surface area contributed by atoms with Crippen LogP contribution in [-0.4, -0.2) is 12.1 Å². The van der Waals surface area contributed by atoms with E-state index in [1.807, 2.05) is 78.9 Å². The molecule has 0 saturated heterocycles. The first-order chi connectivity index (χ1) is 13.2. The van der Waals surface area contributed by atoms with Gasteiger partial charge in [-0.3, -0.25) is 4.79 Å². The van der Waals surface area contributed by atoms with E-state index in [-0.39, 0.29) is 12.3 Å². The number of nitrogens with zero attached hydrogens (tertiary/aromatic N) is 1. The summed E-state index contributed by atoms with van der Waals surface area (Å²) in [6.45, 7) is 0.505. The van der Waals surface area contributed by atoms with Gasteiger partial charge in [-0.05, 0) is 41.0 Å². The maximum absolute atomic E-state index is 12.0. The smallest absolute Gasteiger partial charge is 0.244 e. The second-order valence-electron chi connectivity index (χ2n) is 5.94. The molecule has 0 bridgehead atoms. The van der Waals surface area contributed by atoms with Crippen molar-refractivity contribution in [1.82, 2.24) is 5.43 Å². The van der Waals surface area contributed by atoms with Gasteiger partial charge in [0.05, 0.1) is 12.6 Å². The van der Waals surface area contributed by atoms with Crippen LogP contribution in [0.25, 0.3) is 0 Å². The summed E-state index contributed by atoms with van der Waals surface area (Å²) < 4.78 is 6.78. The van der Waals surface area contributed by atoms with E-state index in [0.717, 1.165) is 26.9 Å². The molecule has 3 rings (SSSR count). The molecule has 0 unspecified atom stereocenters. The van der Waals surface area contributed by atoms with Crippen LogP contribution >= 0.6 is 15.9 Å². The topological polar surface area (TPSA) is 50.7 Å². The standard InChI is InChI=1S/C22H19BrN2O2/c23-20-11-9-17(10-12-20)14-22(26)25-24-15-19-7-4-8-21(13-19)27-16-18-5-2-1-3-6-18/h1-13,15H,14,16H2,(H,25,26)/b24-15+. The molecule has 0 aliphatic carbocycles. The summed E-state index contributed by atoms with van der Waals surface area (Å²) in [5, 5.41) is 4.03. The average molecular weight is 423 g/mol. The SMILES string of the molecule is O=C(Cc1ccc(Br)cc1)N/N=C/c1cccc(OCc2ccccc2)c1. The Kier molecular flexibility index (Phi) is 6.77. The molecule has 0 spiro atoms. The highest BCUT2D eigenvalue weighted by atomic mass is 79.9. The average Bonchev–Trinajstić information content (AvgIpc) is 2.69. The van der Waals surface area contributed by atoms with Crippen molar-refractivity contribution in [1.29, 1.82) is 0 Å². The van der Waals surface area contributed by atoms with Crippen LogP contribution in [0.1, 0.15) is 16.7 Å². The van der Waals surface area contributed by atoms with Crippen molar-refractivity contribution in [2.24, 2.45) is 5.10 Å². The number of carbonyl (C=O) groups is 1. The number of benzene rings is 3. The van der Waals surface area contributed by atoms with Crippen LogP contribution in [0.4, 0.5) is 0 Å². The third kappa shape index (κ3) is 6.38. The number of ether oxygens (including phenoxy) is 1. The fourth-order valence-electron chi connectivity index (χ4n) is 2.43. The summed E-state index contributed by atoms with van der Waals surface area (Å²) in [7, 11) is 0. The summed E-state index contributed by atoms with van der Waals surface area (Å²) in [6.07, 6.45) is 1.89. The summed E-state index contributed by atoms with van der Waals surface area (Å²) in [6, 6.07) is 25.2. The van der Waals surface area contributed by atoms with Crippen LogP contribution in [0.3, 0.4) is 0 Å². The van der Waals surface area contributed by atoms with Crippen molar-refractivity contribution < 1.29 is 9.53 Å². The minimum Gasteiger partial charge on any atom is -0.489 e. The van der Waals surface area contributed by atoms with Gasteiger partial charge in [0.15, 0.2) is 0 Å². The molecular formula is C22H19BrN2O2. The zero-order valence-electron chi connectivity index (χ0n) is 14.6. The van der Waals surface area contributed by atoms with Crippen LogP contribution < -0.4 is 10.2 Å². The van der Waals surface area contributed by atoms with E-state index in [1.54, 1.807) is 6.21 Å². The summed E-state index contributed by atoms with van der Waals surface area (Å²) >= 11 is 3.38. The first-order valence-corrected chi connectivity index (χ1v) is 9.31. The maximum atomic E-state index is 12.0. The number of hydrogen-bond acceptors (Lipinski definition) is 3. The van der Waals surface area contributed by atoms with E-state index >= 15 is 0 Å². The summed E-state index contributed by atoms with van der Waals surface area (Å²) in [5.74, 6) is 0.592. The second kappa shape index (κ2) is 9.69. The molecule has 0 saturated carbocycles. The van der Waals surface area contributed by atoms with Crippen LogP contribution in [0.5, 0.6) is 5.75 Å². The Bertz CT molecular complexity index is 909. The fourth-order valence-corrected chi connectivity index (χ4v) is 2.70. The first-order valence-electron chi connectivity index (χ1n) is 8.52. The Morgan fingerprint density at radius 3 is 2.52 bits per heavy atom. The molecule has 0 fully saturated rings. The Labute approximate surface area is 167 Å². The molecule has 1 N–H and O–H groups in total. The van der Waals surface area contributed by atoms with Gasteiger partial charge in [0.2, 0.25) is 5.91 Å². The highest BCUT2D eigenvalue weighted by Crippen LogP contribution is 2.14. The molecular weight excluding hydrogens is 404 g/mol. The van der Waals surface area contributed by atoms with E-state index in [2.05, 4.69) is 26.5 Å². The second-order valence-corrected chi connectivity index (χ2v) is 6.86. The van der Waals surface area contributed by atoms with E-state index in [9.17, 15) is 4.79 Å². The molecule has 0 radical (unpaired) electrons. The molecule has 3 aromatic carbocycles. The third-order valence-corrected chi connectivity index (χ3v) is 4.32. The number of amides is 1. The minimum absolute atomic E-state index is 0.162. The van der Waals surface area contributed by atoms with Gasteiger partial charge in [-0.2, -0.15) is 5.10 Å². The summed E-state index contributed by atoms with van der Waals surface area (Å²) in [4.78, 5) is 12.0. The summed E-state index contributed by atoms with van der Waals surface area (Å²) in [5.41, 5.74) is 5.44. The van der Waals surface area contributed by atoms with Crippen molar-refractivity contribution in [3.8, 4) is 5.75 Å². The van der Waals surface area contributed by atoms with Crippen molar-refractivity contribution in [3.05, 3.63) is 100 Å². The molecule has 27 heavy (non-hydrogen) atoms. The lowest BCUT2D eigenvalue weighted by Crippen LogP contribution is -2.19. The maximum Gasteiger partial charge on any atom is 0.244 e. The highest BCUT2D eigenvalue weighted by molar-refractivity contribution is 9.10. The minimum atomic E-state index is -0.162. The Morgan fingerprint density at radius 1 is 0.963 bits per heavy atom. The predicted molar refractivity (Wildman–Crippen MR) is 111 cm³/mol. The van der Waals surface area contributed by atoms with Gasteiger partial charge in [0.1, 0.15) is 12.4 Å². The predicted octanol–water partition coefficient (Wildman–Crippen LogP) is 4.72. The lowest BCUT2D eigenvalue weighted by atomic mass is 10.1. The van der Waals surface area contributed by atoms with Gasteiger partial charge < -0.3 is 4.74 Å². The normalized spacial score (nSPS) is 10.7. The fraction of sp³-hybridized carbons (Fsp3) is 0.0909. The molecule has 0 atom stereocenters. The Hall–Kier alpha value is -2.92. The zero-order valence-corrected chi connectivity index (χ0v) is 16.2. The molecule has 4 nitrogen and oxygen atoms in total. The molecule has 0 aliphatic rings. The molecule has 0 aromatic heterocycles. The monoisotopic (exact) mass is 422 g/mol. The number of carbonyl (C=O) groups excluding carboxylic acids is 1. The molecule has 1 amide bonds. The van der Waals surface area contributed by atoms with E-state index in [0.29, 0.717) is 6.61 Å². The van der Waals surface area contributed by atoms with Crippen LogP contribution in [-0.2, 0) is 17.8 Å². The van der Waals surface area contributed by atoms with Gasteiger partial charge in [0, 0.05) is 4.47 Å². The van der Waals surface area contributed by atoms with Gasteiger partial charge in [-0.15, -0.1) is 0 Å². The number of hydrogen-bond donors (Lipinski definition) is 1. The largest absolute Gasteiger partial charge is 0.489 e. The van der Waals surface area contributed by atoms with E-state index in [4.69, 9.17) is 4.74 Å². The molecule has 0 aliphatic heterocycles. The number of nitrogens with one attached hydrogen (secondary N) is 1. The molecule has 3 aromatic rings. The van der Waals surface area contributed by atoms with Crippen molar-refractivity contribution in [2.75, 3.05) is 0 Å². The van der Waals surface area contributed by atoms with Crippen molar-refractivity contribution in [3.63, 3.8) is 0 Å². The third-order valence-electron chi connectivity index (χ3n) is 3.79. The highest BCUT2D eigenvalue weighted by Gasteiger charge is 2.02. The van der Waals surface area contributed by atoms with Gasteiger partial charge in [-0.25, -0.2) is 5.43 Å². The number of rotatable bonds is 7. The quantitative estimate of drug-likeness (QED) is 0.442. The van der Waals surface area contributed by atoms with Crippen LogP contribution in [0.15, 0.2) is 88.4 Å². The zero-order chi connectivity index (χ0) is 18.9. The number of hydrazone groups is 1. The van der Waals surface area contributed by atoms with Crippen molar-refractivity contribution >= 4 is 28.1 Å². The number of halogens is 1. The molecule has 5 heteroatoms. The Balaban J connectivity index is 1.51. The van der Waals surface area contributed by atoms with Gasteiger partial charge in [0.25, 0.3) is 0 Å². The van der Waals surface area contributed by atoms with Gasteiger partial charge >= 0.3 is 0 Å². The Morgan fingerprint density at radius 2 is 1.74 bits per heavy atom. The molecule has 136 valence electrons. The van der Waals surface area contributed by atoms with E-state index in [1.165, 1.54) is 0 Å². The lowest BCUT2D eigenvalue weighted by molar-refractivity contribution is -0.120. The van der Waals surface area contributed by atoms with Crippen LogP contribution in [0.2, 0.25) is 0 Å². The van der Waals surface area contributed by atoms with Gasteiger partial charge in [-0.1, -0.05) is 70.5 Å². The molecule has 0 heterocycles. The van der Waals surface area contributed by atoms with Crippen molar-refractivity contribution in [2.45, 2.75) is 13.0 Å². The van der Waals surface area contributed by atoms with E-state index < -0.39 is 0 Å².